The fourth-order valence-corrected chi connectivity index (χ4v) is 3.24. The molecule has 0 aliphatic carbocycles. The van der Waals surface area contributed by atoms with Crippen molar-refractivity contribution in [1.29, 1.82) is 0 Å². The monoisotopic (exact) mass is 524 g/mol. The van der Waals surface area contributed by atoms with Crippen LogP contribution in [0.1, 0.15) is 38.0 Å². The molecular formula is C15H17N2NaO11S3. The molecule has 2 heterocycles. The third-order valence-electron chi connectivity index (χ3n) is 3.22. The molecule has 0 bridgehead atoms. The van der Waals surface area contributed by atoms with Crippen molar-refractivity contribution >= 4 is 67.8 Å². The van der Waals surface area contributed by atoms with E-state index >= 15 is 0 Å². The summed E-state index contributed by atoms with van der Waals surface area (Å²) in [4.78, 5) is 79.0. The van der Waals surface area contributed by atoms with Gasteiger partial charge in [0.2, 0.25) is 5.91 Å². The normalized spacial score (nSPS) is 20.0. The summed E-state index contributed by atoms with van der Waals surface area (Å²) >= 11 is 0. The van der Waals surface area contributed by atoms with Gasteiger partial charge in [-0.1, -0.05) is 34.9 Å². The van der Waals surface area contributed by atoms with Gasteiger partial charge in [-0.05, 0) is 0 Å². The molecule has 2 aliphatic rings. The zero-order valence-electron chi connectivity index (χ0n) is 20.6. The van der Waals surface area contributed by atoms with E-state index in [1.54, 1.807) is 0 Å². The van der Waals surface area contributed by atoms with Crippen molar-refractivity contribution in [2.75, 3.05) is 11.5 Å². The van der Waals surface area contributed by atoms with Crippen molar-refractivity contribution in [2.45, 2.75) is 32.6 Å². The van der Waals surface area contributed by atoms with E-state index in [-0.39, 0.29) is 70.4 Å². The number of rotatable bonds is 9. The van der Waals surface area contributed by atoms with Crippen molar-refractivity contribution in [3.63, 3.8) is 0 Å². The van der Waals surface area contributed by atoms with Gasteiger partial charge >= 0.3 is 52.1 Å². The van der Waals surface area contributed by atoms with Gasteiger partial charge in [0.1, 0.15) is 5.91 Å². The molecule has 0 radical (unpaired) electrons. The van der Waals surface area contributed by atoms with Gasteiger partial charge in [-0.2, -0.15) is 0 Å². The Morgan fingerprint density at radius 2 is 1.69 bits per heavy atom. The Balaban J connectivity index is 0.00000227. The quantitative estimate of drug-likeness (QED) is 0.0951. The minimum Gasteiger partial charge on any atom is -0.333 e. The summed E-state index contributed by atoms with van der Waals surface area (Å²) in [5.41, 5.74) is -2.87. The second kappa shape index (κ2) is 15.3. The van der Waals surface area contributed by atoms with E-state index in [2.05, 4.69) is 9.68 Å². The number of hydrogen-bond donors (Lipinski definition) is 0. The molecule has 2 aliphatic heterocycles. The molecule has 0 saturated carbocycles. The average Bonchev–Trinajstić information content (AvgIpc) is 3.17. The van der Waals surface area contributed by atoms with Gasteiger partial charge in [-0.15, -0.1) is 22.8 Å². The maximum Gasteiger partial charge on any atom is 1.00 e. The van der Waals surface area contributed by atoms with Crippen LogP contribution in [-0.2, 0) is 49.1 Å². The van der Waals surface area contributed by atoms with Crippen molar-refractivity contribution in [1.82, 2.24) is 10.1 Å². The van der Waals surface area contributed by atoms with Crippen molar-refractivity contribution in [3.05, 3.63) is 6.42 Å². The molecule has 2 saturated heterocycles. The van der Waals surface area contributed by atoms with E-state index < -0.39 is 64.2 Å². The van der Waals surface area contributed by atoms with Crippen LogP contribution in [0.3, 0.4) is 0 Å². The second-order valence-electron chi connectivity index (χ2n) is 5.49. The molecule has 172 valence electrons. The van der Waals surface area contributed by atoms with E-state index in [9.17, 15) is 28.8 Å². The third-order valence-corrected chi connectivity index (χ3v) is 5.00. The minimum absolute atomic E-state index is 0. The molecule has 4 amide bonds. The molecule has 0 N–H and O–H groups in total. The molecule has 32 heavy (non-hydrogen) atoms. The Morgan fingerprint density at radius 3 is 2.19 bits per heavy atom. The number of amides is 4. The molecular weight excluding hydrogens is 503 g/mol. The molecule has 0 aromatic carbocycles. The molecule has 0 aromatic rings. The van der Waals surface area contributed by atoms with Crippen LogP contribution >= 0.6 is 21.6 Å². The number of imide groups is 2. The zero-order chi connectivity index (χ0) is 27.1. The number of carbonyl (C=O) groups excluding carboxylic acids is 6. The molecule has 17 heteroatoms. The topological polar surface area (TPSA) is 179 Å². The molecule has 1 atom stereocenters. The second-order valence-corrected chi connectivity index (χ2v) is 8.12. The summed E-state index contributed by atoms with van der Waals surface area (Å²) in [5.74, 6) is -6.68. The van der Waals surface area contributed by atoms with Crippen LogP contribution in [0.25, 0.3) is 0 Å². The maximum atomic E-state index is 12.1. The van der Waals surface area contributed by atoms with E-state index in [1.165, 1.54) is 6.92 Å². The van der Waals surface area contributed by atoms with Crippen molar-refractivity contribution < 1.29 is 86.1 Å². The zero-order valence-corrected chi connectivity index (χ0v) is 21.0. The van der Waals surface area contributed by atoms with Gasteiger partial charge in [0.25, 0.3) is 11.8 Å². The SMILES string of the molecule is O=S(=O)=O.[2H]C([2H])(SSCCC(=O)ON1C(=O)[CH-]CC1=O)C([2H])([2H])C(=O)ON1C(=O)CC(C)C1=O.[Na+]. The summed E-state index contributed by atoms with van der Waals surface area (Å²) in [6.45, 7) is 1.42. The Labute approximate surface area is 219 Å². The van der Waals surface area contributed by atoms with Crippen molar-refractivity contribution in [2.24, 2.45) is 5.92 Å². The molecule has 2 rings (SSSR count). The summed E-state index contributed by atoms with van der Waals surface area (Å²) in [5, 5.41) is 0.447. The smallest absolute Gasteiger partial charge is 0.333 e. The Bertz CT molecular complexity index is 1010. The molecule has 0 aromatic heterocycles. The third kappa shape index (κ3) is 10.8. The number of carbonyl (C=O) groups is 6. The van der Waals surface area contributed by atoms with Crippen LogP contribution in [0.4, 0.5) is 0 Å². The Kier molecular flexibility index (Phi) is 11.3. The van der Waals surface area contributed by atoms with Crippen LogP contribution in [0.15, 0.2) is 0 Å². The average molecular weight is 525 g/mol. The van der Waals surface area contributed by atoms with E-state index in [1.807, 2.05) is 0 Å². The summed E-state index contributed by atoms with van der Waals surface area (Å²) < 4.78 is 56.5. The van der Waals surface area contributed by atoms with Crippen LogP contribution < -0.4 is 29.6 Å². The van der Waals surface area contributed by atoms with Gasteiger partial charge in [-0.3, -0.25) is 20.8 Å². The van der Waals surface area contributed by atoms with Gasteiger partial charge in [0.15, 0.2) is 0 Å². The predicted molar refractivity (Wildman–Crippen MR) is 102 cm³/mol. The molecule has 13 nitrogen and oxygen atoms in total. The minimum atomic E-state index is -3.25. The van der Waals surface area contributed by atoms with Crippen LogP contribution in [0.5, 0.6) is 0 Å². The summed E-state index contributed by atoms with van der Waals surface area (Å²) in [7, 11) is -2.14. The molecule has 0 spiro atoms. The first kappa shape index (κ1) is 23.6. The van der Waals surface area contributed by atoms with E-state index in [0.29, 0.717) is 15.9 Å². The molecule has 1 unspecified atom stereocenters. The van der Waals surface area contributed by atoms with Gasteiger partial charge < -0.3 is 14.5 Å². The first-order valence-corrected chi connectivity index (χ1v) is 11.4. The van der Waals surface area contributed by atoms with Gasteiger partial charge in [0.05, 0.1) is 12.8 Å². The van der Waals surface area contributed by atoms with Crippen LogP contribution in [-0.4, -0.2) is 69.8 Å². The van der Waals surface area contributed by atoms with E-state index in [4.69, 9.17) is 18.1 Å². The van der Waals surface area contributed by atoms with Crippen molar-refractivity contribution in [3.8, 4) is 0 Å². The summed E-state index contributed by atoms with van der Waals surface area (Å²) in [6, 6.07) is 0. The maximum absolute atomic E-state index is 12.1. The first-order chi connectivity index (χ1) is 16.0. The van der Waals surface area contributed by atoms with Gasteiger partial charge in [-0.25, -0.2) is 9.59 Å². The van der Waals surface area contributed by atoms with E-state index in [0.717, 1.165) is 6.42 Å². The fraction of sp³-hybridized carbons (Fsp3) is 0.533. The number of nitrogens with zero attached hydrogens (tertiary/aromatic N) is 2. The van der Waals surface area contributed by atoms with Crippen LogP contribution in [0, 0.1) is 12.3 Å². The fourth-order valence-electron chi connectivity index (χ4n) is 1.92. The predicted octanol–water partition coefficient (Wildman–Crippen LogP) is -3.58. The first-order valence-electron chi connectivity index (χ1n) is 10.1. The number of hydroxylamine groups is 4. The standard InChI is InChI=1S/C15H17N2O8S2.Na.O3S/c1-9-8-12(20)17(15(9)23)25-14(22)5-7-27-26-6-4-13(21)24-16-10(18)2-3-11(16)19;;1-4(2)3/h2,9H,3-8H2,1H3;;/q-1;+1;/i5D2,7D2;;. The van der Waals surface area contributed by atoms with Gasteiger partial charge in [0, 0.05) is 29.3 Å². The Hall–Kier alpha value is -1.59. The van der Waals surface area contributed by atoms with Crippen LogP contribution in [0.2, 0.25) is 0 Å². The summed E-state index contributed by atoms with van der Waals surface area (Å²) in [6.07, 6.45) is -2.94. The number of hydrogen-bond acceptors (Lipinski definition) is 13. The Morgan fingerprint density at radius 1 is 1.09 bits per heavy atom. The molecule has 2 fully saturated rings. The largest absolute Gasteiger partial charge is 1.00 e.